The fourth-order valence-electron chi connectivity index (χ4n) is 1.95. The van der Waals surface area contributed by atoms with Crippen molar-refractivity contribution in [3.63, 3.8) is 0 Å². The molecule has 0 saturated carbocycles. The normalized spacial score (nSPS) is 19.6. The van der Waals surface area contributed by atoms with E-state index in [1.165, 1.54) is 5.56 Å². The molecule has 4 nitrogen and oxygen atoms in total. The molecule has 0 bridgehead atoms. The summed E-state index contributed by atoms with van der Waals surface area (Å²) < 4.78 is 0. The Kier molecular flexibility index (Phi) is 2.68. The fourth-order valence-corrected chi connectivity index (χ4v) is 3.91. The average Bonchev–Trinajstić information content (AvgIpc) is 2.90. The number of hydrogen-bond acceptors (Lipinski definition) is 4. The van der Waals surface area contributed by atoms with Crippen molar-refractivity contribution in [1.29, 1.82) is 0 Å². The predicted octanol–water partition coefficient (Wildman–Crippen LogP) is 2.55. The van der Waals surface area contributed by atoms with Gasteiger partial charge in [0.25, 0.3) is 0 Å². The zero-order valence-electron chi connectivity index (χ0n) is 9.19. The molecular weight excluding hydrogens is 254 g/mol. The third-order valence-corrected chi connectivity index (χ3v) is 4.71. The third-order valence-electron chi connectivity index (χ3n) is 2.74. The van der Waals surface area contributed by atoms with Crippen LogP contribution in [0.2, 0.25) is 0 Å². The summed E-state index contributed by atoms with van der Waals surface area (Å²) in [5.41, 5.74) is 3.35. The van der Waals surface area contributed by atoms with Crippen LogP contribution in [0, 0.1) is 6.92 Å². The van der Waals surface area contributed by atoms with E-state index >= 15 is 0 Å². The maximum atomic E-state index is 11.6. The van der Waals surface area contributed by atoms with Crippen LogP contribution < -0.4 is 5.32 Å². The number of carbonyl (C=O) groups is 1. The van der Waals surface area contributed by atoms with E-state index in [1.54, 1.807) is 23.1 Å². The molecule has 88 valence electrons. The van der Waals surface area contributed by atoms with Crippen LogP contribution in [0.1, 0.15) is 22.1 Å². The lowest BCUT2D eigenvalue weighted by Crippen LogP contribution is -2.12. The molecule has 0 aromatic carbocycles. The van der Waals surface area contributed by atoms with Crippen LogP contribution in [-0.4, -0.2) is 21.9 Å². The van der Waals surface area contributed by atoms with Crippen LogP contribution in [0.25, 0.3) is 0 Å². The molecule has 6 heteroatoms. The Hall–Kier alpha value is -1.27. The summed E-state index contributed by atoms with van der Waals surface area (Å²) in [6, 6.07) is 2.11. The van der Waals surface area contributed by atoms with Crippen LogP contribution in [-0.2, 0) is 4.79 Å². The van der Waals surface area contributed by atoms with Gasteiger partial charge in [0.1, 0.15) is 0 Å². The van der Waals surface area contributed by atoms with Gasteiger partial charge in [-0.3, -0.25) is 9.89 Å². The molecule has 0 saturated heterocycles. The zero-order chi connectivity index (χ0) is 11.8. The van der Waals surface area contributed by atoms with E-state index in [9.17, 15) is 4.79 Å². The molecule has 2 aromatic heterocycles. The van der Waals surface area contributed by atoms with Gasteiger partial charge in [-0.25, -0.2) is 0 Å². The number of aryl methyl sites for hydroxylation is 1. The van der Waals surface area contributed by atoms with Gasteiger partial charge < -0.3 is 5.32 Å². The second-order valence-corrected chi connectivity index (χ2v) is 5.78. The molecule has 0 fully saturated rings. The van der Waals surface area contributed by atoms with E-state index in [-0.39, 0.29) is 11.2 Å². The van der Waals surface area contributed by atoms with Crippen LogP contribution in [0.5, 0.6) is 0 Å². The van der Waals surface area contributed by atoms with Crippen molar-refractivity contribution in [2.45, 2.75) is 12.2 Å². The van der Waals surface area contributed by atoms with Crippen LogP contribution in [0.4, 0.5) is 5.82 Å². The number of fused-ring (bicyclic) bond motifs is 1. The number of rotatable bonds is 1. The summed E-state index contributed by atoms with van der Waals surface area (Å²) >= 11 is 3.32. The maximum Gasteiger partial charge on any atom is 0.235 e. The number of aromatic amines is 1. The van der Waals surface area contributed by atoms with Gasteiger partial charge in [-0.1, -0.05) is 0 Å². The molecule has 1 atom stereocenters. The van der Waals surface area contributed by atoms with E-state index < -0.39 is 0 Å². The van der Waals surface area contributed by atoms with Gasteiger partial charge in [0.05, 0.1) is 11.0 Å². The molecule has 17 heavy (non-hydrogen) atoms. The second-order valence-electron chi connectivity index (χ2n) is 3.91. The molecule has 0 spiro atoms. The van der Waals surface area contributed by atoms with Gasteiger partial charge in [0.15, 0.2) is 5.82 Å². The summed E-state index contributed by atoms with van der Waals surface area (Å²) in [7, 11) is 0. The molecule has 2 aromatic rings. The molecule has 3 heterocycles. The summed E-state index contributed by atoms with van der Waals surface area (Å²) in [6.45, 7) is 1.99. The first-order chi connectivity index (χ1) is 8.25. The van der Waals surface area contributed by atoms with Crippen molar-refractivity contribution in [3.8, 4) is 0 Å². The molecule has 0 radical (unpaired) electrons. The maximum absolute atomic E-state index is 11.6. The first-order valence-corrected chi connectivity index (χ1v) is 7.23. The Labute approximate surface area is 107 Å². The van der Waals surface area contributed by atoms with E-state index in [1.807, 2.05) is 6.92 Å². The number of thioether (sulfide) groups is 1. The molecule has 0 unspecified atom stereocenters. The van der Waals surface area contributed by atoms with Crippen molar-refractivity contribution in [3.05, 3.63) is 33.6 Å². The molecule has 2 N–H and O–H groups in total. The van der Waals surface area contributed by atoms with Crippen molar-refractivity contribution in [2.75, 3.05) is 11.1 Å². The van der Waals surface area contributed by atoms with Crippen molar-refractivity contribution in [1.82, 2.24) is 10.2 Å². The summed E-state index contributed by atoms with van der Waals surface area (Å²) in [5.74, 6) is 1.16. The number of nitrogens with zero attached hydrogens (tertiary/aromatic N) is 1. The Morgan fingerprint density at radius 2 is 2.41 bits per heavy atom. The number of amides is 1. The number of carbonyl (C=O) groups excluding carboxylic acids is 1. The molecular formula is C11H11N3OS2. The van der Waals surface area contributed by atoms with Crippen LogP contribution in [0.3, 0.4) is 0 Å². The largest absolute Gasteiger partial charge is 0.308 e. The fraction of sp³-hybridized carbons (Fsp3) is 0.273. The Morgan fingerprint density at radius 1 is 1.53 bits per heavy atom. The number of hydrogen-bond donors (Lipinski definition) is 2. The Bertz CT molecular complexity index is 547. The second kappa shape index (κ2) is 4.19. The lowest BCUT2D eigenvalue weighted by atomic mass is 10.1. The highest BCUT2D eigenvalue weighted by atomic mass is 32.2. The molecule has 1 amide bonds. The van der Waals surface area contributed by atoms with Gasteiger partial charge in [0, 0.05) is 11.3 Å². The van der Waals surface area contributed by atoms with Gasteiger partial charge in [-0.2, -0.15) is 16.4 Å². The van der Waals surface area contributed by atoms with E-state index in [0.717, 1.165) is 11.3 Å². The smallest absolute Gasteiger partial charge is 0.235 e. The van der Waals surface area contributed by atoms with Gasteiger partial charge >= 0.3 is 0 Å². The minimum atomic E-state index is 0.0143. The first-order valence-electron chi connectivity index (χ1n) is 5.24. The molecule has 1 aliphatic heterocycles. The standard InChI is InChI=1S/C11H11N3OS2/c1-6-9-10(7-2-3-16-4-7)17-5-8(15)12-11(9)14-13-6/h2-4,10H,5H2,1H3,(H2,12,13,14,15)/t10-/m1/s1. The van der Waals surface area contributed by atoms with E-state index in [4.69, 9.17) is 0 Å². The number of thiophene rings is 1. The van der Waals surface area contributed by atoms with Gasteiger partial charge in [-0.15, -0.1) is 11.8 Å². The van der Waals surface area contributed by atoms with E-state index in [0.29, 0.717) is 11.6 Å². The average molecular weight is 265 g/mol. The van der Waals surface area contributed by atoms with E-state index in [2.05, 4.69) is 32.3 Å². The third kappa shape index (κ3) is 1.87. The van der Waals surface area contributed by atoms with Gasteiger partial charge in [0.2, 0.25) is 5.91 Å². The highest BCUT2D eigenvalue weighted by molar-refractivity contribution is 8.00. The summed E-state index contributed by atoms with van der Waals surface area (Å²) in [4.78, 5) is 11.6. The van der Waals surface area contributed by atoms with Gasteiger partial charge in [-0.05, 0) is 29.3 Å². The number of aromatic nitrogens is 2. The SMILES string of the molecule is Cc1[nH]nc2c1[C@@H](c1ccsc1)SCC(=O)N2. The lowest BCUT2D eigenvalue weighted by molar-refractivity contribution is -0.113. The minimum Gasteiger partial charge on any atom is -0.308 e. The molecule has 3 rings (SSSR count). The number of H-pyrrole nitrogens is 1. The first kappa shape index (κ1) is 10.9. The summed E-state index contributed by atoms with van der Waals surface area (Å²) in [5, 5.41) is 14.3. The zero-order valence-corrected chi connectivity index (χ0v) is 10.8. The highest BCUT2D eigenvalue weighted by Gasteiger charge is 2.28. The highest BCUT2D eigenvalue weighted by Crippen LogP contribution is 2.42. The predicted molar refractivity (Wildman–Crippen MR) is 70.6 cm³/mol. The van der Waals surface area contributed by atoms with Crippen molar-refractivity contribution in [2.24, 2.45) is 0 Å². The van der Waals surface area contributed by atoms with Crippen LogP contribution in [0.15, 0.2) is 16.8 Å². The lowest BCUT2D eigenvalue weighted by Gasteiger charge is -2.12. The Balaban J connectivity index is 2.10. The number of anilines is 1. The van der Waals surface area contributed by atoms with Crippen molar-refractivity contribution >= 4 is 34.8 Å². The molecule has 1 aliphatic rings. The van der Waals surface area contributed by atoms with Crippen molar-refractivity contribution < 1.29 is 4.79 Å². The summed E-state index contributed by atoms with van der Waals surface area (Å²) in [6.07, 6.45) is 0. The quantitative estimate of drug-likeness (QED) is 0.833. The Morgan fingerprint density at radius 3 is 3.18 bits per heavy atom. The monoisotopic (exact) mass is 265 g/mol. The topological polar surface area (TPSA) is 57.8 Å². The van der Waals surface area contributed by atoms with Crippen LogP contribution >= 0.6 is 23.1 Å². The minimum absolute atomic E-state index is 0.0143. The number of nitrogens with one attached hydrogen (secondary N) is 2. The molecule has 0 aliphatic carbocycles.